The summed E-state index contributed by atoms with van der Waals surface area (Å²) in [5.41, 5.74) is 13.7. The van der Waals surface area contributed by atoms with Crippen molar-refractivity contribution in [3.8, 4) is 67.4 Å². The van der Waals surface area contributed by atoms with Crippen LogP contribution in [-0.4, -0.2) is 19.9 Å². The molecule has 0 bridgehead atoms. The van der Waals surface area contributed by atoms with Crippen molar-refractivity contribution in [3.05, 3.63) is 182 Å². The fourth-order valence-corrected chi connectivity index (χ4v) is 7.77. The Hall–Kier alpha value is -7.70. The van der Waals surface area contributed by atoms with Crippen LogP contribution in [0.3, 0.4) is 0 Å². The Kier molecular flexibility index (Phi) is 7.38. The third kappa shape index (κ3) is 5.43. The predicted octanol–water partition coefficient (Wildman–Crippen LogP) is 13.1. The molecule has 262 valence electrons. The van der Waals surface area contributed by atoms with Gasteiger partial charge in [0.2, 0.25) is 0 Å². The maximum atomic E-state index is 6.58. The van der Waals surface area contributed by atoms with Gasteiger partial charge in [-0.1, -0.05) is 127 Å². The van der Waals surface area contributed by atoms with Gasteiger partial charge in [-0.3, -0.25) is 0 Å². The molecule has 0 fully saturated rings. The Morgan fingerprint density at radius 3 is 1.46 bits per heavy atom. The van der Waals surface area contributed by atoms with Crippen LogP contribution in [0.15, 0.2) is 191 Å². The van der Waals surface area contributed by atoms with Gasteiger partial charge in [-0.2, -0.15) is 0 Å². The molecule has 4 aromatic heterocycles. The monoisotopic (exact) mass is 718 g/mol. The predicted molar refractivity (Wildman–Crippen MR) is 225 cm³/mol. The molecule has 11 rings (SSSR count). The van der Waals surface area contributed by atoms with Crippen LogP contribution in [0.1, 0.15) is 0 Å². The van der Waals surface area contributed by atoms with Gasteiger partial charge in [0.05, 0.1) is 17.1 Å². The van der Waals surface area contributed by atoms with Gasteiger partial charge in [0.1, 0.15) is 28.7 Å². The number of fused-ring (bicyclic) bond motifs is 6. The van der Waals surface area contributed by atoms with Crippen LogP contribution in [0.4, 0.5) is 0 Å². The van der Waals surface area contributed by atoms with Crippen LogP contribution in [0.2, 0.25) is 0 Å². The van der Waals surface area contributed by atoms with E-state index in [1.54, 1.807) is 12.5 Å². The van der Waals surface area contributed by atoms with Gasteiger partial charge in [-0.25, -0.2) is 19.9 Å². The molecule has 0 aliphatic carbocycles. The lowest BCUT2D eigenvalue weighted by atomic mass is 9.93. The fourth-order valence-electron chi connectivity index (χ4n) is 7.77. The number of aromatic nitrogens is 4. The Labute approximate surface area is 321 Å². The molecule has 0 spiro atoms. The molecule has 0 unspecified atom stereocenters. The van der Waals surface area contributed by atoms with Gasteiger partial charge in [0.15, 0.2) is 5.82 Å². The summed E-state index contributed by atoms with van der Waals surface area (Å²) in [4.78, 5) is 18.9. The first-order valence-electron chi connectivity index (χ1n) is 18.5. The van der Waals surface area contributed by atoms with Gasteiger partial charge in [-0.05, 0) is 53.6 Å². The number of rotatable bonds is 6. The molecule has 6 nitrogen and oxygen atoms in total. The molecule has 0 amide bonds. The average Bonchev–Trinajstić information content (AvgIpc) is 3.86. The van der Waals surface area contributed by atoms with Crippen molar-refractivity contribution in [1.29, 1.82) is 0 Å². The zero-order chi connectivity index (χ0) is 37.0. The summed E-state index contributed by atoms with van der Waals surface area (Å²) in [7, 11) is 0. The van der Waals surface area contributed by atoms with E-state index in [9.17, 15) is 0 Å². The lowest BCUT2D eigenvalue weighted by molar-refractivity contribution is 0.670. The second-order valence-corrected chi connectivity index (χ2v) is 13.9. The third-order valence-corrected chi connectivity index (χ3v) is 10.5. The highest BCUT2D eigenvalue weighted by atomic mass is 16.3. The maximum Gasteiger partial charge on any atom is 0.160 e. The van der Waals surface area contributed by atoms with E-state index < -0.39 is 0 Å². The van der Waals surface area contributed by atoms with Gasteiger partial charge in [-0.15, -0.1) is 0 Å². The lowest BCUT2D eigenvalue weighted by Gasteiger charge is -2.14. The van der Waals surface area contributed by atoms with E-state index in [-0.39, 0.29) is 0 Å². The van der Waals surface area contributed by atoms with Crippen LogP contribution >= 0.6 is 0 Å². The zero-order valence-electron chi connectivity index (χ0n) is 29.9. The molecule has 0 saturated carbocycles. The van der Waals surface area contributed by atoms with Crippen molar-refractivity contribution < 1.29 is 8.83 Å². The van der Waals surface area contributed by atoms with E-state index in [1.165, 1.54) is 0 Å². The molecule has 4 heterocycles. The van der Waals surface area contributed by atoms with E-state index in [2.05, 4.69) is 119 Å². The second-order valence-electron chi connectivity index (χ2n) is 13.9. The number of nitrogens with zero attached hydrogens (tertiary/aromatic N) is 4. The molecule has 0 aliphatic rings. The molecular weight excluding hydrogens is 689 g/mol. The Morgan fingerprint density at radius 1 is 0.357 bits per heavy atom. The van der Waals surface area contributed by atoms with Crippen molar-refractivity contribution in [2.75, 3.05) is 0 Å². The minimum Gasteiger partial charge on any atom is -0.455 e. The highest BCUT2D eigenvalue weighted by Crippen LogP contribution is 2.42. The van der Waals surface area contributed by atoms with Gasteiger partial charge >= 0.3 is 0 Å². The van der Waals surface area contributed by atoms with E-state index in [4.69, 9.17) is 18.8 Å². The van der Waals surface area contributed by atoms with Gasteiger partial charge < -0.3 is 8.83 Å². The minimum atomic E-state index is 0.642. The summed E-state index contributed by atoms with van der Waals surface area (Å²) in [5, 5.41) is 4.33. The van der Waals surface area contributed by atoms with Gasteiger partial charge in [0, 0.05) is 61.1 Å². The average molecular weight is 719 g/mol. The quantitative estimate of drug-likeness (QED) is 0.170. The van der Waals surface area contributed by atoms with Crippen LogP contribution < -0.4 is 0 Å². The normalized spacial score (nSPS) is 11.6. The Morgan fingerprint density at radius 2 is 0.875 bits per heavy atom. The highest BCUT2D eigenvalue weighted by Gasteiger charge is 2.19. The molecule has 0 N–H and O–H groups in total. The van der Waals surface area contributed by atoms with Crippen molar-refractivity contribution in [1.82, 2.24) is 19.9 Å². The molecular formula is C50H30N4O2. The van der Waals surface area contributed by atoms with Crippen molar-refractivity contribution in [2.24, 2.45) is 0 Å². The fraction of sp³-hybridized carbons (Fsp3) is 0. The Bertz CT molecular complexity index is 3110. The first-order chi connectivity index (χ1) is 27.7. The Balaban J connectivity index is 1.15. The van der Waals surface area contributed by atoms with Crippen molar-refractivity contribution in [2.45, 2.75) is 0 Å². The lowest BCUT2D eigenvalue weighted by Crippen LogP contribution is -1.97. The molecule has 0 radical (unpaired) electrons. The minimum absolute atomic E-state index is 0.642. The van der Waals surface area contributed by atoms with E-state index >= 15 is 0 Å². The highest BCUT2D eigenvalue weighted by molar-refractivity contribution is 6.11. The standard InChI is InChI=1S/C50H30N4O2/c1-2-10-33(11-3-1)50-53-44(32-22-20-31(21-23-32)43-24-25-51-30-52-43)29-45(54-50)36-27-34(37-14-8-16-41-39-12-4-6-18-46(39)55-48(37)41)26-35(28-36)38-15-9-17-42-40-13-5-7-19-47(40)56-49(38)42/h1-30H. The van der Waals surface area contributed by atoms with Gasteiger partial charge in [0.25, 0.3) is 0 Å². The number of para-hydroxylation sites is 4. The van der Waals surface area contributed by atoms with E-state index in [0.29, 0.717) is 5.82 Å². The molecule has 0 aliphatic heterocycles. The summed E-state index contributed by atoms with van der Waals surface area (Å²) < 4.78 is 13.2. The summed E-state index contributed by atoms with van der Waals surface area (Å²) in [6, 6.07) is 58.2. The number of hydrogen-bond donors (Lipinski definition) is 0. The smallest absolute Gasteiger partial charge is 0.160 e. The topological polar surface area (TPSA) is 77.8 Å². The molecule has 6 heteroatoms. The largest absolute Gasteiger partial charge is 0.455 e. The van der Waals surface area contributed by atoms with Crippen LogP contribution in [-0.2, 0) is 0 Å². The van der Waals surface area contributed by atoms with Crippen molar-refractivity contribution in [3.63, 3.8) is 0 Å². The number of furan rings is 2. The molecule has 11 aromatic rings. The third-order valence-electron chi connectivity index (χ3n) is 10.5. The summed E-state index contributed by atoms with van der Waals surface area (Å²) in [6.45, 7) is 0. The summed E-state index contributed by atoms with van der Waals surface area (Å²) in [6.07, 6.45) is 3.32. The molecule has 0 atom stereocenters. The van der Waals surface area contributed by atoms with E-state index in [0.717, 1.165) is 105 Å². The molecule has 0 saturated heterocycles. The first kappa shape index (κ1) is 31.8. The number of benzene rings is 7. The maximum absolute atomic E-state index is 6.58. The number of hydrogen-bond acceptors (Lipinski definition) is 6. The first-order valence-corrected chi connectivity index (χ1v) is 18.5. The molecule has 56 heavy (non-hydrogen) atoms. The van der Waals surface area contributed by atoms with Crippen LogP contribution in [0, 0.1) is 0 Å². The molecule has 7 aromatic carbocycles. The van der Waals surface area contributed by atoms with E-state index in [1.807, 2.05) is 60.7 Å². The second kappa shape index (κ2) is 13.0. The van der Waals surface area contributed by atoms with Crippen molar-refractivity contribution >= 4 is 43.9 Å². The summed E-state index contributed by atoms with van der Waals surface area (Å²) in [5.74, 6) is 0.642. The summed E-state index contributed by atoms with van der Waals surface area (Å²) >= 11 is 0. The zero-order valence-corrected chi connectivity index (χ0v) is 29.9. The van der Waals surface area contributed by atoms with Crippen LogP contribution in [0.5, 0.6) is 0 Å². The van der Waals surface area contributed by atoms with Crippen LogP contribution in [0.25, 0.3) is 111 Å². The SMILES string of the molecule is c1ccc(-c2nc(-c3ccc(-c4ccncn4)cc3)cc(-c3cc(-c4cccc5c4oc4ccccc45)cc(-c4cccc5c4oc4ccccc45)c3)n2)cc1.